The first-order valence-corrected chi connectivity index (χ1v) is 10.8. The fraction of sp³-hybridized carbons (Fsp3) is 0.136. The van der Waals surface area contributed by atoms with Gasteiger partial charge in [0, 0.05) is 11.1 Å². The highest BCUT2D eigenvalue weighted by Gasteiger charge is 2.21. The van der Waals surface area contributed by atoms with Gasteiger partial charge in [0.05, 0.1) is 28.2 Å². The Morgan fingerprint density at radius 1 is 1.14 bits per heavy atom. The lowest BCUT2D eigenvalue weighted by atomic mass is 10.2. The number of thiazole rings is 1. The first-order valence-electron chi connectivity index (χ1n) is 9.04. The number of anilines is 1. The molecule has 4 rings (SSSR count). The number of hydrogen-bond donors (Lipinski definition) is 0. The number of thioether (sulfide) groups is 1. The van der Waals surface area contributed by atoms with E-state index in [-0.39, 0.29) is 17.5 Å². The second kappa shape index (κ2) is 8.71. The van der Waals surface area contributed by atoms with Crippen LogP contribution in [-0.2, 0) is 11.3 Å². The van der Waals surface area contributed by atoms with Crippen LogP contribution in [0.2, 0.25) is 0 Å². The fourth-order valence-corrected chi connectivity index (χ4v) is 4.56. The Morgan fingerprint density at radius 3 is 2.72 bits per heavy atom. The van der Waals surface area contributed by atoms with Crippen molar-refractivity contribution in [1.29, 1.82) is 0 Å². The number of rotatable bonds is 6. The van der Waals surface area contributed by atoms with Gasteiger partial charge in [-0.05, 0) is 49.4 Å². The molecule has 2 heterocycles. The van der Waals surface area contributed by atoms with E-state index in [2.05, 4.69) is 9.97 Å². The van der Waals surface area contributed by atoms with Gasteiger partial charge in [0.2, 0.25) is 5.91 Å². The molecule has 4 nitrogen and oxygen atoms in total. The van der Waals surface area contributed by atoms with Crippen molar-refractivity contribution in [2.24, 2.45) is 0 Å². The summed E-state index contributed by atoms with van der Waals surface area (Å²) >= 11 is 2.79. The summed E-state index contributed by atoms with van der Waals surface area (Å²) in [6.45, 7) is 2.35. The van der Waals surface area contributed by atoms with Crippen molar-refractivity contribution < 1.29 is 9.18 Å². The lowest BCUT2D eigenvalue weighted by Crippen LogP contribution is -2.32. The van der Waals surface area contributed by atoms with Crippen LogP contribution in [0.4, 0.5) is 9.52 Å². The van der Waals surface area contributed by atoms with E-state index >= 15 is 0 Å². The van der Waals surface area contributed by atoms with E-state index in [1.807, 2.05) is 49.4 Å². The van der Waals surface area contributed by atoms with Crippen molar-refractivity contribution in [1.82, 2.24) is 9.97 Å². The van der Waals surface area contributed by atoms with E-state index in [1.54, 1.807) is 17.2 Å². The first-order chi connectivity index (χ1) is 14.1. The van der Waals surface area contributed by atoms with Crippen LogP contribution in [0.25, 0.3) is 10.2 Å². The van der Waals surface area contributed by atoms with Crippen molar-refractivity contribution in [2.75, 3.05) is 10.7 Å². The smallest absolute Gasteiger partial charge is 0.239 e. The lowest BCUT2D eigenvalue weighted by molar-refractivity contribution is -0.116. The first kappa shape index (κ1) is 19.5. The van der Waals surface area contributed by atoms with Crippen LogP contribution in [-0.4, -0.2) is 21.6 Å². The van der Waals surface area contributed by atoms with Gasteiger partial charge in [0.1, 0.15) is 5.82 Å². The summed E-state index contributed by atoms with van der Waals surface area (Å²) in [4.78, 5) is 24.7. The van der Waals surface area contributed by atoms with E-state index in [1.165, 1.54) is 40.8 Å². The number of aryl methyl sites for hydroxylation is 1. The van der Waals surface area contributed by atoms with Crippen LogP contribution >= 0.6 is 23.1 Å². The number of pyridine rings is 1. The van der Waals surface area contributed by atoms with Gasteiger partial charge in [-0.1, -0.05) is 35.1 Å². The Bertz CT molecular complexity index is 1130. The molecule has 0 aliphatic carbocycles. The zero-order chi connectivity index (χ0) is 20.2. The van der Waals surface area contributed by atoms with Gasteiger partial charge in [0.25, 0.3) is 0 Å². The highest BCUT2D eigenvalue weighted by molar-refractivity contribution is 8.00. The third-order valence-electron chi connectivity index (χ3n) is 4.30. The molecule has 0 aliphatic heterocycles. The number of benzene rings is 2. The molecule has 0 unspecified atom stereocenters. The monoisotopic (exact) mass is 423 g/mol. The molecule has 0 spiro atoms. The Hall–Kier alpha value is -2.77. The number of halogens is 1. The molecule has 146 valence electrons. The second-order valence-electron chi connectivity index (χ2n) is 6.51. The SMILES string of the molecule is Cc1ccc(SCC(=O)N(Cc2ccccn2)c2nc3ccc(F)cc3s2)cc1. The summed E-state index contributed by atoms with van der Waals surface area (Å²) in [5.74, 6) is -0.105. The second-order valence-corrected chi connectivity index (χ2v) is 8.57. The minimum atomic E-state index is -0.315. The Labute approximate surface area is 176 Å². The minimum Gasteiger partial charge on any atom is -0.281 e. The van der Waals surface area contributed by atoms with E-state index in [0.717, 1.165) is 10.6 Å². The van der Waals surface area contributed by atoms with Gasteiger partial charge >= 0.3 is 0 Å². The zero-order valence-electron chi connectivity index (χ0n) is 15.7. The average Bonchev–Trinajstić information content (AvgIpc) is 3.15. The maximum atomic E-state index is 13.6. The average molecular weight is 424 g/mol. The molecule has 0 N–H and O–H groups in total. The van der Waals surface area contributed by atoms with Crippen LogP contribution in [0, 0.1) is 12.7 Å². The molecule has 29 heavy (non-hydrogen) atoms. The van der Waals surface area contributed by atoms with Crippen molar-refractivity contribution >= 4 is 44.4 Å². The normalized spacial score (nSPS) is 11.0. The van der Waals surface area contributed by atoms with Gasteiger partial charge in [-0.3, -0.25) is 14.7 Å². The molecular formula is C22H18FN3OS2. The molecule has 0 saturated carbocycles. The van der Waals surface area contributed by atoms with Crippen LogP contribution < -0.4 is 4.90 Å². The predicted molar refractivity (Wildman–Crippen MR) is 117 cm³/mol. The molecule has 0 fully saturated rings. The summed E-state index contributed by atoms with van der Waals surface area (Å²) in [5, 5.41) is 0.547. The van der Waals surface area contributed by atoms with Gasteiger partial charge in [0.15, 0.2) is 5.13 Å². The highest BCUT2D eigenvalue weighted by atomic mass is 32.2. The molecular weight excluding hydrogens is 405 g/mol. The molecule has 2 aromatic heterocycles. The summed E-state index contributed by atoms with van der Waals surface area (Å²) in [6.07, 6.45) is 1.70. The number of amides is 1. The lowest BCUT2D eigenvalue weighted by Gasteiger charge is -2.19. The standard InChI is InChI=1S/C22H18FN3OS2/c1-15-5-8-18(9-6-15)28-14-21(27)26(13-17-4-2-3-11-24-17)22-25-19-10-7-16(23)12-20(19)29-22/h2-12H,13-14H2,1H3. The molecule has 4 aromatic rings. The largest absolute Gasteiger partial charge is 0.281 e. The third-order valence-corrected chi connectivity index (χ3v) is 6.34. The molecule has 1 amide bonds. The summed E-state index contributed by atoms with van der Waals surface area (Å²) in [7, 11) is 0. The maximum Gasteiger partial charge on any atom is 0.239 e. The minimum absolute atomic E-state index is 0.0687. The number of nitrogens with zero attached hydrogens (tertiary/aromatic N) is 3. The number of carbonyl (C=O) groups is 1. The zero-order valence-corrected chi connectivity index (χ0v) is 17.3. The number of fused-ring (bicyclic) bond motifs is 1. The summed E-state index contributed by atoms with van der Waals surface area (Å²) < 4.78 is 14.3. The predicted octanol–water partition coefficient (Wildman–Crippen LogP) is 5.46. The quantitative estimate of drug-likeness (QED) is 0.386. The van der Waals surface area contributed by atoms with Gasteiger partial charge in [-0.15, -0.1) is 11.8 Å². The molecule has 0 aliphatic rings. The summed E-state index contributed by atoms with van der Waals surface area (Å²) in [5.41, 5.74) is 2.63. The topological polar surface area (TPSA) is 46.1 Å². The fourth-order valence-electron chi connectivity index (χ4n) is 2.78. The third kappa shape index (κ3) is 4.81. The Balaban J connectivity index is 1.59. The van der Waals surface area contributed by atoms with Gasteiger partial charge < -0.3 is 0 Å². The van der Waals surface area contributed by atoms with Crippen LogP contribution in [0.15, 0.2) is 71.8 Å². The van der Waals surface area contributed by atoms with Gasteiger partial charge in [-0.2, -0.15) is 0 Å². The van der Waals surface area contributed by atoms with E-state index in [4.69, 9.17) is 0 Å². The molecule has 7 heteroatoms. The molecule has 2 aromatic carbocycles. The van der Waals surface area contributed by atoms with Gasteiger partial charge in [-0.25, -0.2) is 9.37 Å². The van der Waals surface area contributed by atoms with Crippen molar-refractivity contribution in [3.8, 4) is 0 Å². The number of hydrogen-bond acceptors (Lipinski definition) is 5. The van der Waals surface area contributed by atoms with Crippen LogP contribution in [0.1, 0.15) is 11.3 Å². The van der Waals surface area contributed by atoms with E-state index in [0.29, 0.717) is 21.9 Å². The van der Waals surface area contributed by atoms with Crippen molar-refractivity contribution in [2.45, 2.75) is 18.4 Å². The highest BCUT2D eigenvalue weighted by Crippen LogP contribution is 2.31. The van der Waals surface area contributed by atoms with Crippen molar-refractivity contribution in [3.05, 3.63) is 83.9 Å². The molecule has 0 radical (unpaired) electrons. The molecule has 0 atom stereocenters. The maximum absolute atomic E-state index is 13.6. The van der Waals surface area contributed by atoms with E-state index in [9.17, 15) is 9.18 Å². The molecule has 0 bridgehead atoms. The number of carbonyl (C=O) groups excluding carboxylic acids is 1. The number of aromatic nitrogens is 2. The Morgan fingerprint density at radius 2 is 1.97 bits per heavy atom. The molecule has 0 saturated heterocycles. The Kier molecular flexibility index (Phi) is 5.87. The van der Waals surface area contributed by atoms with Crippen LogP contribution in [0.3, 0.4) is 0 Å². The van der Waals surface area contributed by atoms with E-state index < -0.39 is 0 Å². The van der Waals surface area contributed by atoms with Crippen LogP contribution in [0.5, 0.6) is 0 Å². The summed E-state index contributed by atoms with van der Waals surface area (Å²) in [6, 6.07) is 18.1. The van der Waals surface area contributed by atoms with Crippen molar-refractivity contribution in [3.63, 3.8) is 0 Å².